The summed E-state index contributed by atoms with van der Waals surface area (Å²) >= 11 is 6.11. The molecule has 0 amide bonds. The first-order valence-corrected chi connectivity index (χ1v) is 8.81. The van der Waals surface area contributed by atoms with Gasteiger partial charge in [-0.2, -0.15) is 0 Å². The van der Waals surface area contributed by atoms with Gasteiger partial charge in [-0.25, -0.2) is 4.39 Å². The Balaban J connectivity index is 2.05. The van der Waals surface area contributed by atoms with Gasteiger partial charge < -0.3 is 4.90 Å². The van der Waals surface area contributed by atoms with E-state index in [1.165, 1.54) is 0 Å². The van der Waals surface area contributed by atoms with Gasteiger partial charge in [-0.1, -0.05) is 29.8 Å². The van der Waals surface area contributed by atoms with Gasteiger partial charge in [0.05, 0.1) is 16.2 Å². The SMILES string of the molecule is CCN1c2cc(F)c(C=Nc3ccccc3Cl)cc2C(C)=CC1(C)C. The van der Waals surface area contributed by atoms with E-state index in [2.05, 4.69) is 43.7 Å². The first kappa shape index (κ1) is 17.7. The Bertz CT molecular complexity index is 868. The molecule has 0 unspecified atom stereocenters. The summed E-state index contributed by atoms with van der Waals surface area (Å²) in [6.45, 7) is 9.27. The second kappa shape index (κ2) is 6.64. The molecule has 0 bridgehead atoms. The summed E-state index contributed by atoms with van der Waals surface area (Å²) in [4.78, 5) is 6.56. The first-order chi connectivity index (χ1) is 11.8. The summed E-state index contributed by atoms with van der Waals surface area (Å²) in [5.41, 5.74) is 4.08. The Morgan fingerprint density at radius 2 is 1.96 bits per heavy atom. The molecule has 2 aromatic rings. The van der Waals surface area contributed by atoms with Crippen LogP contribution in [0.5, 0.6) is 0 Å². The minimum absolute atomic E-state index is 0.133. The molecule has 0 spiro atoms. The minimum Gasteiger partial charge on any atom is -0.363 e. The highest BCUT2D eigenvalue weighted by Gasteiger charge is 2.30. The zero-order chi connectivity index (χ0) is 18.2. The molecule has 0 saturated carbocycles. The van der Waals surface area contributed by atoms with E-state index in [0.29, 0.717) is 16.3 Å². The molecule has 2 aromatic carbocycles. The summed E-state index contributed by atoms with van der Waals surface area (Å²) in [6, 6.07) is 10.8. The van der Waals surface area contributed by atoms with Gasteiger partial charge in [0.25, 0.3) is 0 Å². The largest absolute Gasteiger partial charge is 0.363 e. The number of aliphatic imine (C=N–C) groups is 1. The molecular formula is C21H22ClFN2. The molecule has 0 N–H and O–H groups in total. The third-order valence-electron chi connectivity index (χ3n) is 4.61. The standard InChI is InChI=1S/C21H22ClFN2/c1-5-25-20-11-18(23)15(10-16(20)14(2)12-21(25,3)4)13-24-19-9-7-6-8-17(19)22/h6-13H,5H2,1-4H3. The molecule has 0 fully saturated rings. The van der Waals surface area contributed by atoms with Gasteiger partial charge >= 0.3 is 0 Å². The van der Waals surface area contributed by atoms with Crippen LogP contribution >= 0.6 is 11.6 Å². The number of anilines is 1. The number of likely N-dealkylation sites (N-methyl/N-ethyl adjacent to an activating group) is 1. The number of para-hydroxylation sites is 1. The van der Waals surface area contributed by atoms with Crippen LogP contribution < -0.4 is 4.90 Å². The summed E-state index contributed by atoms with van der Waals surface area (Å²) in [6.07, 6.45) is 3.77. The van der Waals surface area contributed by atoms with E-state index in [4.69, 9.17) is 11.6 Å². The smallest absolute Gasteiger partial charge is 0.134 e. The van der Waals surface area contributed by atoms with Crippen LogP contribution in [-0.2, 0) is 0 Å². The van der Waals surface area contributed by atoms with Gasteiger partial charge in [0, 0.05) is 29.6 Å². The maximum atomic E-state index is 14.7. The molecule has 1 heterocycles. The molecule has 0 saturated heterocycles. The number of fused-ring (bicyclic) bond motifs is 1. The Labute approximate surface area is 153 Å². The number of hydrogen-bond acceptors (Lipinski definition) is 2. The van der Waals surface area contributed by atoms with Crippen LogP contribution in [0.25, 0.3) is 5.57 Å². The second-order valence-corrected chi connectivity index (χ2v) is 7.23. The summed E-state index contributed by atoms with van der Waals surface area (Å²) in [7, 11) is 0. The molecule has 0 aliphatic carbocycles. The van der Waals surface area contributed by atoms with Crippen LogP contribution in [0.4, 0.5) is 15.8 Å². The molecule has 1 aliphatic rings. The van der Waals surface area contributed by atoms with Crippen molar-refractivity contribution in [1.29, 1.82) is 0 Å². The van der Waals surface area contributed by atoms with Gasteiger partial charge in [0.15, 0.2) is 0 Å². The second-order valence-electron chi connectivity index (χ2n) is 6.83. The van der Waals surface area contributed by atoms with E-state index in [-0.39, 0.29) is 11.4 Å². The third-order valence-corrected chi connectivity index (χ3v) is 4.93. The highest BCUT2D eigenvalue weighted by atomic mass is 35.5. The number of halogens is 2. The van der Waals surface area contributed by atoms with Crippen molar-refractivity contribution in [3.05, 3.63) is 64.4 Å². The molecule has 130 valence electrons. The average Bonchev–Trinajstić information content (AvgIpc) is 2.54. The monoisotopic (exact) mass is 356 g/mol. The maximum Gasteiger partial charge on any atom is 0.134 e. The molecule has 1 aliphatic heterocycles. The zero-order valence-electron chi connectivity index (χ0n) is 15.0. The summed E-state index contributed by atoms with van der Waals surface area (Å²) < 4.78 is 14.7. The lowest BCUT2D eigenvalue weighted by atomic mass is 9.88. The van der Waals surface area contributed by atoms with Crippen molar-refractivity contribution in [2.45, 2.75) is 33.2 Å². The van der Waals surface area contributed by atoms with E-state index >= 15 is 0 Å². The molecule has 4 heteroatoms. The number of allylic oxidation sites excluding steroid dienone is 1. The number of benzene rings is 2. The van der Waals surface area contributed by atoms with E-state index in [9.17, 15) is 4.39 Å². The van der Waals surface area contributed by atoms with Gasteiger partial charge in [0.2, 0.25) is 0 Å². The fraction of sp³-hybridized carbons (Fsp3) is 0.286. The van der Waals surface area contributed by atoms with Gasteiger partial charge in [-0.05, 0) is 57.5 Å². The fourth-order valence-corrected chi connectivity index (χ4v) is 3.67. The first-order valence-electron chi connectivity index (χ1n) is 8.43. The fourth-order valence-electron chi connectivity index (χ4n) is 3.49. The molecule has 3 rings (SSSR count). The Hall–Kier alpha value is -2.13. The van der Waals surface area contributed by atoms with E-state index in [1.807, 2.05) is 24.3 Å². The van der Waals surface area contributed by atoms with Crippen molar-refractivity contribution in [2.24, 2.45) is 4.99 Å². The third kappa shape index (κ3) is 3.34. The Morgan fingerprint density at radius 3 is 2.64 bits per heavy atom. The van der Waals surface area contributed by atoms with Crippen LogP contribution in [0.1, 0.15) is 38.8 Å². The molecular weight excluding hydrogens is 335 g/mol. The lowest BCUT2D eigenvalue weighted by molar-refractivity contribution is 0.561. The van der Waals surface area contributed by atoms with E-state index in [0.717, 1.165) is 23.4 Å². The lowest BCUT2D eigenvalue weighted by Crippen LogP contribution is -2.45. The van der Waals surface area contributed by atoms with Gasteiger partial charge in [-0.15, -0.1) is 0 Å². The Morgan fingerprint density at radius 1 is 1.24 bits per heavy atom. The van der Waals surface area contributed by atoms with Crippen LogP contribution in [0, 0.1) is 5.82 Å². The predicted molar refractivity (Wildman–Crippen MR) is 106 cm³/mol. The van der Waals surface area contributed by atoms with Crippen molar-refractivity contribution in [3.63, 3.8) is 0 Å². The van der Waals surface area contributed by atoms with Crippen molar-refractivity contribution >= 4 is 34.8 Å². The number of hydrogen-bond donors (Lipinski definition) is 0. The van der Waals surface area contributed by atoms with Crippen LogP contribution in [-0.4, -0.2) is 18.3 Å². The van der Waals surface area contributed by atoms with Crippen LogP contribution in [0.3, 0.4) is 0 Å². The number of nitrogens with zero attached hydrogens (tertiary/aromatic N) is 2. The average molecular weight is 357 g/mol. The van der Waals surface area contributed by atoms with Gasteiger partial charge in [-0.3, -0.25) is 4.99 Å². The van der Waals surface area contributed by atoms with Crippen molar-refractivity contribution in [3.8, 4) is 0 Å². The van der Waals surface area contributed by atoms with E-state index < -0.39 is 0 Å². The number of rotatable bonds is 3. The highest BCUT2D eigenvalue weighted by molar-refractivity contribution is 6.33. The topological polar surface area (TPSA) is 15.6 Å². The summed E-state index contributed by atoms with van der Waals surface area (Å²) in [5.74, 6) is -0.279. The molecule has 0 atom stereocenters. The maximum absolute atomic E-state index is 14.7. The van der Waals surface area contributed by atoms with Crippen molar-refractivity contribution in [1.82, 2.24) is 0 Å². The quantitative estimate of drug-likeness (QED) is 0.593. The summed E-state index contributed by atoms with van der Waals surface area (Å²) in [5, 5.41) is 0.548. The predicted octanol–water partition coefficient (Wildman–Crippen LogP) is 6.25. The van der Waals surface area contributed by atoms with Gasteiger partial charge in [0.1, 0.15) is 5.82 Å². The van der Waals surface area contributed by atoms with Crippen LogP contribution in [0.2, 0.25) is 5.02 Å². The van der Waals surface area contributed by atoms with Crippen molar-refractivity contribution < 1.29 is 4.39 Å². The Kier molecular flexibility index (Phi) is 4.70. The molecule has 0 aromatic heterocycles. The normalized spacial score (nSPS) is 16.1. The van der Waals surface area contributed by atoms with Crippen LogP contribution in [0.15, 0.2) is 47.5 Å². The zero-order valence-corrected chi connectivity index (χ0v) is 15.7. The van der Waals surface area contributed by atoms with Crippen molar-refractivity contribution in [2.75, 3.05) is 11.4 Å². The molecule has 25 heavy (non-hydrogen) atoms. The highest BCUT2D eigenvalue weighted by Crippen LogP contribution is 2.39. The molecule has 0 radical (unpaired) electrons. The lowest BCUT2D eigenvalue weighted by Gasteiger charge is -2.42. The minimum atomic E-state index is -0.279. The van der Waals surface area contributed by atoms with E-state index in [1.54, 1.807) is 18.3 Å². The molecule has 2 nitrogen and oxygen atoms in total.